The van der Waals surface area contributed by atoms with Gasteiger partial charge in [0.1, 0.15) is 30.4 Å². The minimum absolute atomic E-state index is 0.311. The molecule has 1 heterocycles. The molecule has 2 aromatic carbocycles. The molecule has 9 heteroatoms. The van der Waals surface area contributed by atoms with Crippen molar-refractivity contribution in [1.82, 2.24) is 0 Å². The number of hydrogen-bond acceptors (Lipinski definition) is 7. The minimum atomic E-state index is -0.695. The van der Waals surface area contributed by atoms with Crippen molar-refractivity contribution in [2.45, 2.75) is 50.3 Å². The van der Waals surface area contributed by atoms with Crippen molar-refractivity contribution in [2.75, 3.05) is 20.3 Å². The molecule has 1 unspecified atom stereocenters. The second-order valence-corrected chi connectivity index (χ2v) is 9.39. The lowest BCUT2D eigenvalue weighted by Gasteiger charge is -2.28. The highest BCUT2D eigenvalue weighted by Gasteiger charge is 2.30. The number of hydrogen-bond donors (Lipinski definition) is 0. The molecule has 0 fully saturated rings. The van der Waals surface area contributed by atoms with E-state index >= 15 is 0 Å². The van der Waals surface area contributed by atoms with E-state index in [-0.39, 0.29) is 5.01 Å². The largest absolute Gasteiger partial charge is 0.486 e. The summed E-state index contributed by atoms with van der Waals surface area (Å²) in [6.45, 7) is 3.71. The number of benzene rings is 2. The molecule has 0 saturated carbocycles. The highest BCUT2D eigenvalue weighted by atomic mass is 79.9. The fourth-order valence-corrected chi connectivity index (χ4v) is 4.32. The van der Waals surface area contributed by atoms with Crippen molar-refractivity contribution >= 4 is 39.5 Å². The van der Waals surface area contributed by atoms with Crippen LogP contribution in [0.25, 0.3) is 0 Å². The third-order valence-electron chi connectivity index (χ3n) is 5.27. The molecule has 0 aromatic heterocycles. The summed E-state index contributed by atoms with van der Waals surface area (Å²) in [5, 5.41) is 0.255. The normalized spacial score (nSPS) is 15.2. The molecule has 3 rings (SSSR count). The first kappa shape index (κ1) is 26.3. The molecule has 0 aliphatic carbocycles. The molecule has 0 saturated heterocycles. The fraction of sp³-hybridized carbons (Fsp3) is 0.440. The van der Waals surface area contributed by atoms with Gasteiger partial charge in [0.05, 0.1) is 0 Å². The minimum Gasteiger partial charge on any atom is -0.486 e. The number of carbonyl (C=O) groups is 2. The lowest BCUT2D eigenvalue weighted by Crippen LogP contribution is -2.38. The third-order valence-corrected chi connectivity index (χ3v) is 6.39. The highest BCUT2D eigenvalue weighted by molar-refractivity contribution is 9.09. The van der Waals surface area contributed by atoms with Gasteiger partial charge in [0, 0.05) is 38.8 Å². The van der Waals surface area contributed by atoms with Crippen LogP contribution in [-0.2, 0) is 36.6 Å². The number of fused-ring (bicyclic) bond motifs is 1. The molecule has 0 N–H and O–H groups in total. The summed E-state index contributed by atoms with van der Waals surface area (Å²) in [7, 11) is 1.54. The van der Waals surface area contributed by atoms with Crippen LogP contribution < -0.4 is 9.47 Å². The Morgan fingerprint density at radius 3 is 2.29 bits per heavy atom. The van der Waals surface area contributed by atoms with Gasteiger partial charge in [-0.05, 0) is 41.3 Å². The number of methoxy groups -OCH3 is 1. The Labute approximate surface area is 212 Å². The maximum atomic E-state index is 11.8. The van der Waals surface area contributed by atoms with Crippen LogP contribution in [-0.4, -0.2) is 49.5 Å². The van der Waals surface area contributed by atoms with Gasteiger partial charge in [-0.3, -0.25) is 9.59 Å². The summed E-state index contributed by atoms with van der Waals surface area (Å²) in [5.74, 6) is 0.527. The molecule has 2 aromatic rings. The average molecular weight is 556 g/mol. The van der Waals surface area contributed by atoms with Gasteiger partial charge in [-0.2, -0.15) is 0 Å². The summed E-state index contributed by atoms with van der Waals surface area (Å²) in [4.78, 5) is 23.5. The van der Waals surface area contributed by atoms with E-state index in [0.717, 1.165) is 28.2 Å². The van der Waals surface area contributed by atoms with Gasteiger partial charge in [-0.25, -0.2) is 0 Å². The van der Waals surface area contributed by atoms with Crippen LogP contribution in [0.2, 0.25) is 5.02 Å². The van der Waals surface area contributed by atoms with Crippen LogP contribution in [0.3, 0.4) is 0 Å². The zero-order valence-electron chi connectivity index (χ0n) is 19.3. The van der Waals surface area contributed by atoms with Crippen molar-refractivity contribution < 1.29 is 33.3 Å². The first-order chi connectivity index (χ1) is 16.2. The fourth-order valence-electron chi connectivity index (χ4n) is 3.77. The zero-order valence-corrected chi connectivity index (χ0v) is 21.7. The van der Waals surface area contributed by atoms with E-state index in [1.807, 2.05) is 36.4 Å². The summed E-state index contributed by atoms with van der Waals surface area (Å²) < 4.78 is 27.6. The summed E-state index contributed by atoms with van der Waals surface area (Å²) in [6.07, 6.45) is -0.150. The van der Waals surface area contributed by atoms with Gasteiger partial charge in [0.25, 0.3) is 0 Å². The number of alkyl halides is 1. The number of halogens is 2. The number of carbonyl (C=O) groups excluding carboxylic acids is 2. The molecular formula is C25H28BrClO7. The van der Waals surface area contributed by atoms with Crippen molar-refractivity contribution in [2.24, 2.45) is 0 Å². The van der Waals surface area contributed by atoms with Crippen LogP contribution in [0, 0.1) is 0 Å². The van der Waals surface area contributed by atoms with E-state index in [1.165, 1.54) is 21.0 Å². The lowest BCUT2D eigenvalue weighted by molar-refractivity contribution is -0.166. The van der Waals surface area contributed by atoms with E-state index in [9.17, 15) is 9.59 Å². The number of rotatable bonds is 10. The molecule has 34 heavy (non-hydrogen) atoms. The van der Waals surface area contributed by atoms with Crippen LogP contribution in [0.5, 0.6) is 11.5 Å². The predicted molar refractivity (Wildman–Crippen MR) is 131 cm³/mol. The maximum Gasteiger partial charge on any atom is 0.303 e. The molecule has 7 nitrogen and oxygen atoms in total. The molecule has 1 aliphatic rings. The Kier molecular flexibility index (Phi) is 9.62. The number of ether oxygens (including phenoxy) is 5. The van der Waals surface area contributed by atoms with E-state index < -0.39 is 24.1 Å². The summed E-state index contributed by atoms with van der Waals surface area (Å²) >= 11 is 9.88. The topological polar surface area (TPSA) is 80.3 Å². The van der Waals surface area contributed by atoms with Gasteiger partial charge < -0.3 is 23.7 Å². The van der Waals surface area contributed by atoms with Crippen LogP contribution in [0.4, 0.5) is 0 Å². The Hall–Kier alpha value is -2.29. The Bertz CT molecular complexity index is 1010. The molecular weight excluding hydrogens is 528 g/mol. The summed E-state index contributed by atoms with van der Waals surface area (Å²) in [5.41, 5.74) is 2.83. The smallest absolute Gasteiger partial charge is 0.303 e. The van der Waals surface area contributed by atoms with Crippen LogP contribution in [0.15, 0.2) is 36.4 Å². The van der Waals surface area contributed by atoms with Gasteiger partial charge in [-0.15, -0.1) is 0 Å². The van der Waals surface area contributed by atoms with E-state index in [0.29, 0.717) is 37.5 Å². The van der Waals surface area contributed by atoms with Crippen LogP contribution in [0.1, 0.15) is 37.0 Å². The SMILES string of the molecule is CO[C@@H](Br)CC(OC(C)=O)[C@H](Cc1ccc(Cl)c(Cc2ccc3c(c2)OCCO3)c1)OC(C)=O. The molecule has 184 valence electrons. The molecule has 0 amide bonds. The lowest BCUT2D eigenvalue weighted by atomic mass is 9.97. The van der Waals surface area contributed by atoms with E-state index in [2.05, 4.69) is 15.9 Å². The molecule has 1 aliphatic heterocycles. The maximum absolute atomic E-state index is 11.8. The van der Waals surface area contributed by atoms with E-state index in [1.54, 1.807) is 0 Å². The first-order valence-electron chi connectivity index (χ1n) is 10.9. The monoisotopic (exact) mass is 554 g/mol. The van der Waals surface area contributed by atoms with Crippen molar-refractivity contribution in [3.63, 3.8) is 0 Å². The Morgan fingerprint density at radius 2 is 1.62 bits per heavy atom. The van der Waals surface area contributed by atoms with Crippen molar-refractivity contribution in [1.29, 1.82) is 0 Å². The molecule has 3 atom stereocenters. The average Bonchev–Trinajstić information content (AvgIpc) is 2.79. The van der Waals surface area contributed by atoms with E-state index in [4.69, 9.17) is 35.3 Å². The van der Waals surface area contributed by atoms with Gasteiger partial charge in [0.2, 0.25) is 0 Å². The number of esters is 2. The highest BCUT2D eigenvalue weighted by Crippen LogP contribution is 2.32. The first-order valence-corrected chi connectivity index (χ1v) is 12.2. The second kappa shape index (κ2) is 12.4. The standard InChI is InChI=1S/C25H28BrClO7/c1-15(28)33-23(24(34-16(2)29)14-25(26)30-3)13-17-4-6-20(27)19(10-17)11-18-5-7-21-22(12-18)32-9-8-31-21/h4-7,10,12,23-25H,8-9,11,13-14H2,1-3H3/t23-,24?,25+/m0/s1. The van der Waals surface area contributed by atoms with Crippen LogP contribution >= 0.6 is 27.5 Å². The Morgan fingerprint density at radius 1 is 0.971 bits per heavy atom. The van der Waals surface area contributed by atoms with Gasteiger partial charge >= 0.3 is 11.9 Å². The Balaban J connectivity index is 1.82. The predicted octanol–water partition coefficient (Wildman–Crippen LogP) is 4.87. The molecule has 0 spiro atoms. The molecule has 0 radical (unpaired) electrons. The van der Waals surface area contributed by atoms with Gasteiger partial charge in [-0.1, -0.05) is 45.7 Å². The summed E-state index contributed by atoms with van der Waals surface area (Å²) in [6, 6.07) is 11.5. The molecule has 0 bridgehead atoms. The zero-order chi connectivity index (χ0) is 24.7. The van der Waals surface area contributed by atoms with Crippen molar-refractivity contribution in [3.05, 3.63) is 58.1 Å². The van der Waals surface area contributed by atoms with Crippen molar-refractivity contribution in [3.8, 4) is 11.5 Å². The quantitative estimate of drug-likeness (QED) is 0.306. The van der Waals surface area contributed by atoms with Gasteiger partial charge in [0.15, 0.2) is 11.5 Å². The second-order valence-electron chi connectivity index (χ2n) is 7.96. The third kappa shape index (κ3) is 7.61.